The summed E-state index contributed by atoms with van der Waals surface area (Å²) in [5, 5.41) is 9.66. The van der Waals surface area contributed by atoms with Crippen molar-refractivity contribution in [3.63, 3.8) is 0 Å². The normalized spacial score (nSPS) is 9.00. The second-order valence-electron chi connectivity index (χ2n) is 3.14. The van der Waals surface area contributed by atoms with E-state index < -0.39 is 5.91 Å². The van der Waals surface area contributed by atoms with Gasteiger partial charge in [0.15, 0.2) is 17.8 Å². The molecule has 1 aromatic carbocycles. The van der Waals surface area contributed by atoms with Crippen molar-refractivity contribution in [2.45, 2.75) is 6.42 Å². The minimum atomic E-state index is -0.553. The van der Waals surface area contributed by atoms with Gasteiger partial charge in [0.1, 0.15) is 0 Å². The van der Waals surface area contributed by atoms with Gasteiger partial charge in [-0.05, 0) is 12.1 Å². The molecule has 1 aromatic rings. The number of primary amides is 1. The molecular formula is C12H11NO4. The summed E-state index contributed by atoms with van der Waals surface area (Å²) in [6, 6.07) is 3.01. The van der Waals surface area contributed by atoms with Crippen LogP contribution in [0, 0.1) is 11.8 Å². The molecule has 0 radical (unpaired) electrons. The van der Waals surface area contributed by atoms with Gasteiger partial charge in [0.05, 0.1) is 19.1 Å². The highest BCUT2D eigenvalue weighted by atomic mass is 16.5. The number of carbonyl (C=O) groups is 2. The Balaban J connectivity index is 3.15. The molecule has 0 saturated heterocycles. The second kappa shape index (κ2) is 5.56. The molecule has 17 heavy (non-hydrogen) atoms. The van der Waals surface area contributed by atoms with Gasteiger partial charge in [-0.3, -0.25) is 9.59 Å². The largest absolute Gasteiger partial charge is 0.504 e. The van der Waals surface area contributed by atoms with Crippen LogP contribution in [0.25, 0.3) is 0 Å². The zero-order valence-corrected chi connectivity index (χ0v) is 9.19. The lowest BCUT2D eigenvalue weighted by Crippen LogP contribution is -2.08. The van der Waals surface area contributed by atoms with E-state index in [1.165, 1.54) is 19.2 Å². The van der Waals surface area contributed by atoms with Gasteiger partial charge in [-0.25, -0.2) is 0 Å². The number of hydrogen-bond acceptors (Lipinski definition) is 4. The van der Waals surface area contributed by atoms with Crippen molar-refractivity contribution in [3.05, 3.63) is 23.3 Å². The minimum Gasteiger partial charge on any atom is -0.504 e. The van der Waals surface area contributed by atoms with Crippen LogP contribution < -0.4 is 10.5 Å². The Labute approximate surface area is 98.2 Å². The van der Waals surface area contributed by atoms with Gasteiger partial charge < -0.3 is 15.6 Å². The SMILES string of the molecule is COc1ccc(C#CCC(N)=O)c(C=O)c1O. The Morgan fingerprint density at radius 2 is 2.29 bits per heavy atom. The van der Waals surface area contributed by atoms with Crippen molar-refractivity contribution in [3.8, 4) is 23.3 Å². The Bertz CT molecular complexity index is 511. The maximum absolute atomic E-state index is 10.8. The summed E-state index contributed by atoms with van der Waals surface area (Å²) in [7, 11) is 1.38. The Kier molecular flexibility index (Phi) is 4.12. The topological polar surface area (TPSA) is 89.6 Å². The molecule has 0 aliphatic rings. The van der Waals surface area contributed by atoms with E-state index in [9.17, 15) is 14.7 Å². The smallest absolute Gasteiger partial charge is 0.229 e. The first-order valence-corrected chi connectivity index (χ1v) is 4.72. The molecule has 0 heterocycles. The van der Waals surface area contributed by atoms with Crippen LogP contribution in [0.15, 0.2) is 12.1 Å². The second-order valence-corrected chi connectivity index (χ2v) is 3.14. The number of hydrogen-bond donors (Lipinski definition) is 2. The fourth-order valence-electron chi connectivity index (χ4n) is 1.21. The van der Waals surface area contributed by atoms with Crippen LogP contribution in [-0.4, -0.2) is 24.4 Å². The molecule has 0 spiro atoms. The third kappa shape index (κ3) is 2.98. The number of methoxy groups -OCH3 is 1. The molecule has 0 aliphatic heterocycles. The fraction of sp³-hybridized carbons (Fsp3) is 0.167. The highest BCUT2D eigenvalue weighted by molar-refractivity contribution is 5.85. The van der Waals surface area contributed by atoms with Gasteiger partial charge in [-0.15, -0.1) is 0 Å². The number of phenolic OH excluding ortho intramolecular Hbond substituents is 1. The summed E-state index contributed by atoms with van der Waals surface area (Å²) in [5.41, 5.74) is 5.27. The van der Waals surface area contributed by atoms with Crippen LogP contribution in [0.4, 0.5) is 0 Å². The van der Waals surface area contributed by atoms with E-state index in [1.807, 2.05) is 0 Å². The Morgan fingerprint density at radius 3 is 2.82 bits per heavy atom. The highest BCUT2D eigenvalue weighted by Gasteiger charge is 2.10. The van der Waals surface area contributed by atoms with Crippen LogP contribution >= 0.6 is 0 Å². The van der Waals surface area contributed by atoms with Crippen molar-refractivity contribution < 1.29 is 19.4 Å². The lowest BCUT2D eigenvalue weighted by molar-refractivity contribution is -0.117. The molecule has 0 bridgehead atoms. The Hall–Kier alpha value is -2.48. The zero-order chi connectivity index (χ0) is 12.8. The number of aromatic hydroxyl groups is 1. The van der Waals surface area contributed by atoms with E-state index in [0.29, 0.717) is 11.8 Å². The van der Waals surface area contributed by atoms with Crippen LogP contribution in [0.3, 0.4) is 0 Å². The van der Waals surface area contributed by atoms with Gasteiger partial charge >= 0.3 is 0 Å². The predicted octanol–water partition coefficient (Wildman–Crippen LogP) is 0.440. The summed E-state index contributed by atoms with van der Waals surface area (Å²) in [6.07, 6.45) is 0.372. The molecule has 0 atom stereocenters. The molecule has 0 saturated carbocycles. The van der Waals surface area contributed by atoms with Crippen molar-refractivity contribution in [1.29, 1.82) is 0 Å². The first-order chi connectivity index (χ1) is 8.10. The summed E-state index contributed by atoms with van der Waals surface area (Å²) in [5.74, 6) is 4.46. The van der Waals surface area contributed by atoms with Gasteiger partial charge in [0, 0.05) is 5.56 Å². The molecule has 3 N–H and O–H groups in total. The van der Waals surface area contributed by atoms with Gasteiger partial charge in [0.25, 0.3) is 0 Å². The summed E-state index contributed by atoms with van der Waals surface area (Å²) in [4.78, 5) is 21.3. The van der Waals surface area contributed by atoms with E-state index in [-0.39, 0.29) is 23.5 Å². The highest BCUT2D eigenvalue weighted by Crippen LogP contribution is 2.30. The number of nitrogens with two attached hydrogens (primary N) is 1. The zero-order valence-electron chi connectivity index (χ0n) is 9.19. The average Bonchev–Trinajstić information content (AvgIpc) is 2.29. The third-order valence-corrected chi connectivity index (χ3v) is 2.00. The molecule has 0 unspecified atom stereocenters. The third-order valence-electron chi connectivity index (χ3n) is 2.00. The molecular weight excluding hydrogens is 222 g/mol. The minimum absolute atomic E-state index is 0.0290. The molecule has 1 amide bonds. The number of ether oxygens (including phenoxy) is 1. The van der Waals surface area contributed by atoms with Crippen LogP contribution in [0.2, 0.25) is 0 Å². The Morgan fingerprint density at radius 1 is 1.59 bits per heavy atom. The lowest BCUT2D eigenvalue weighted by Gasteiger charge is -2.06. The molecule has 0 aromatic heterocycles. The average molecular weight is 233 g/mol. The number of carbonyl (C=O) groups excluding carboxylic acids is 2. The molecule has 0 aliphatic carbocycles. The first kappa shape index (κ1) is 12.6. The van der Waals surface area contributed by atoms with E-state index in [0.717, 1.165) is 0 Å². The number of rotatable bonds is 3. The first-order valence-electron chi connectivity index (χ1n) is 4.72. The van der Waals surface area contributed by atoms with E-state index >= 15 is 0 Å². The standard InChI is InChI=1S/C12H11NO4/c1-17-10-6-5-8(3-2-4-11(13)15)9(7-14)12(10)16/h5-7,16H,4H2,1H3,(H2,13,15). The maximum Gasteiger partial charge on any atom is 0.229 e. The molecule has 1 rings (SSSR count). The van der Waals surface area contributed by atoms with Crippen LogP contribution in [0.1, 0.15) is 22.3 Å². The van der Waals surface area contributed by atoms with E-state index in [1.54, 1.807) is 0 Å². The lowest BCUT2D eigenvalue weighted by atomic mass is 10.1. The van der Waals surface area contributed by atoms with E-state index in [4.69, 9.17) is 10.5 Å². The predicted molar refractivity (Wildman–Crippen MR) is 60.7 cm³/mol. The number of aldehydes is 1. The molecule has 88 valence electrons. The maximum atomic E-state index is 10.8. The molecule has 0 fully saturated rings. The summed E-state index contributed by atoms with van der Waals surface area (Å²) in [6.45, 7) is 0. The number of phenols is 1. The monoisotopic (exact) mass is 233 g/mol. The van der Waals surface area contributed by atoms with Crippen molar-refractivity contribution in [1.82, 2.24) is 0 Å². The van der Waals surface area contributed by atoms with Crippen LogP contribution in [-0.2, 0) is 4.79 Å². The van der Waals surface area contributed by atoms with Crippen LogP contribution in [0.5, 0.6) is 11.5 Å². The fourth-order valence-corrected chi connectivity index (χ4v) is 1.21. The number of benzene rings is 1. The van der Waals surface area contributed by atoms with Crippen molar-refractivity contribution >= 4 is 12.2 Å². The number of amides is 1. The van der Waals surface area contributed by atoms with Crippen molar-refractivity contribution in [2.24, 2.45) is 5.73 Å². The van der Waals surface area contributed by atoms with Gasteiger partial charge in [-0.2, -0.15) is 0 Å². The summed E-state index contributed by atoms with van der Waals surface area (Å²) >= 11 is 0. The van der Waals surface area contributed by atoms with Gasteiger partial charge in [-0.1, -0.05) is 11.8 Å². The molecule has 5 heteroatoms. The summed E-state index contributed by atoms with van der Waals surface area (Å²) < 4.78 is 4.85. The molecule has 5 nitrogen and oxygen atoms in total. The van der Waals surface area contributed by atoms with Gasteiger partial charge in [0.2, 0.25) is 5.91 Å². The van der Waals surface area contributed by atoms with Crippen molar-refractivity contribution in [2.75, 3.05) is 7.11 Å². The quantitative estimate of drug-likeness (QED) is 0.585. The van der Waals surface area contributed by atoms with E-state index in [2.05, 4.69) is 11.8 Å².